The van der Waals surface area contributed by atoms with E-state index in [1.54, 1.807) is 19.1 Å². The van der Waals surface area contributed by atoms with Crippen LogP contribution in [0.3, 0.4) is 0 Å². The zero-order valence-electron chi connectivity index (χ0n) is 12.0. The molecule has 1 atom stereocenters. The van der Waals surface area contributed by atoms with Gasteiger partial charge in [-0.3, -0.25) is 4.79 Å². The Morgan fingerprint density at radius 1 is 1.57 bits per heavy atom. The summed E-state index contributed by atoms with van der Waals surface area (Å²) in [5.41, 5.74) is 5.58. The quantitative estimate of drug-likeness (QED) is 0.825. The second kappa shape index (κ2) is 6.70. The van der Waals surface area contributed by atoms with Crippen molar-refractivity contribution in [3.8, 4) is 11.8 Å². The molecule has 1 aromatic carbocycles. The van der Waals surface area contributed by atoms with E-state index in [2.05, 4.69) is 17.2 Å². The molecule has 0 spiro atoms. The van der Waals surface area contributed by atoms with Crippen LogP contribution in [0.4, 0.5) is 4.39 Å². The Labute approximate surface area is 123 Å². The number of hydrogen-bond donors (Lipinski definition) is 2. The summed E-state index contributed by atoms with van der Waals surface area (Å²) < 4.78 is 19.2. The van der Waals surface area contributed by atoms with Crippen molar-refractivity contribution in [2.45, 2.75) is 31.9 Å². The molecule has 0 bridgehead atoms. The fourth-order valence-electron chi connectivity index (χ4n) is 2.26. The van der Waals surface area contributed by atoms with Gasteiger partial charge in [0.15, 0.2) is 0 Å². The Morgan fingerprint density at radius 3 is 3.05 bits per heavy atom. The van der Waals surface area contributed by atoms with Crippen LogP contribution in [0.5, 0.6) is 0 Å². The molecule has 2 rings (SSSR count). The normalized spacial score (nSPS) is 20.7. The van der Waals surface area contributed by atoms with Crippen molar-refractivity contribution in [3.63, 3.8) is 0 Å². The Kier molecular flexibility index (Phi) is 4.94. The van der Waals surface area contributed by atoms with Gasteiger partial charge < -0.3 is 15.8 Å². The van der Waals surface area contributed by atoms with Crippen molar-refractivity contribution in [2.75, 3.05) is 13.2 Å². The summed E-state index contributed by atoms with van der Waals surface area (Å²) in [5, 5.41) is 2.73. The van der Waals surface area contributed by atoms with Gasteiger partial charge in [0.2, 0.25) is 0 Å². The first-order valence-corrected chi connectivity index (χ1v) is 6.95. The molecule has 5 heteroatoms. The highest BCUT2D eigenvalue weighted by molar-refractivity contribution is 5.85. The number of hydrogen-bond acceptors (Lipinski definition) is 3. The number of nitrogens with two attached hydrogens (primary N) is 1. The summed E-state index contributed by atoms with van der Waals surface area (Å²) in [7, 11) is 0. The highest BCUT2D eigenvalue weighted by Gasteiger charge is 2.37. The minimum absolute atomic E-state index is 0.113. The molecule has 112 valence electrons. The third-order valence-electron chi connectivity index (χ3n) is 3.52. The topological polar surface area (TPSA) is 64.4 Å². The minimum atomic E-state index is -0.798. The molecule has 1 fully saturated rings. The monoisotopic (exact) mass is 290 g/mol. The lowest BCUT2D eigenvalue weighted by Crippen LogP contribution is -2.43. The minimum Gasteiger partial charge on any atom is -0.365 e. The molecule has 0 saturated carbocycles. The van der Waals surface area contributed by atoms with E-state index in [1.165, 1.54) is 6.07 Å². The van der Waals surface area contributed by atoms with Gasteiger partial charge in [-0.2, -0.15) is 0 Å². The number of nitrogens with one attached hydrogen (secondary N) is 1. The van der Waals surface area contributed by atoms with E-state index in [0.29, 0.717) is 24.2 Å². The maximum Gasteiger partial charge on any atom is 0.252 e. The van der Waals surface area contributed by atoms with Gasteiger partial charge in [0.1, 0.15) is 11.4 Å². The largest absolute Gasteiger partial charge is 0.365 e. The number of halogens is 1. The smallest absolute Gasteiger partial charge is 0.252 e. The number of rotatable bonds is 3. The van der Waals surface area contributed by atoms with Crippen molar-refractivity contribution in [1.82, 2.24) is 5.32 Å². The summed E-state index contributed by atoms with van der Waals surface area (Å²) >= 11 is 0. The number of amides is 1. The fraction of sp³-hybridized carbons (Fsp3) is 0.438. The van der Waals surface area contributed by atoms with Crippen LogP contribution in [-0.4, -0.2) is 24.7 Å². The van der Waals surface area contributed by atoms with Gasteiger partial charge in [-0.15, -0.1) is 0 Å². The Balaban J connectivity index is 2.04. The summed E-state index contributed by atoms with van der Waals surface area (Å²) in [6.07, 6.45) is 1.55. The first-order valence-electron chi connectivity index (χ1n) is 6.95. The maximum absolute atomic E-state index is 13.8. The molecule has 0 aromatic heterocycles. The molecule has 1 heterocycles. The standard InChI is InChI=1S/C16H19FN2O2/c1-16(7-3-9-21-16)15(20)19-11-13-10-12(4-2-8-18)5-6-14(13)17/h5-6,10H,3,7-9,11,18H2,1H3,(H,19,20). The van der Waals surface area contributed by atoms with Gasteiger partial charge in [0.05, 0.1) is 6.54 Å². The molecular formula is C16H19FN2O2. The van der Waals surface area contributed by atoms with E-state index in [-0.39, 0.29) is 24.8 Å². The fourth-order valence-corrected chi connectivity index (χ4v) is 2.26. The van der Waals surface area contributed by atoms with E-state index in [9.17, 15) is 9.18 Å². The molecular weight excluding hydrogens is 271 g/mol. The van der Waals surface area contributed by atoms with Gasteiger partial charge in [-0.25, -0.2) is 4.39 Å². The lowest BCUT2D eigenvalue weighted by atomic mass is 10.0. The number of ether oxygens (including phenoxy) is 1. The number of carbonyl (C=O) groups excluding carboxylic acids is 1. The van der Waals surface area contributed by atoms with Crippen molar-refractivity contribution >= 4 is 5.91 Å². The van der Waals surface area contributed by atoms with Crippen LogP contribution >= 0.6 is 0 Å². The van der Waals surface area contributed by atoms with E-state index < -0.39 is 5.60 Å². The average molecular weight is 290 g/mol. The molecule has 1 saturated heterocycles. The van der Waals surface area contributed by atoms with Crippen molar-refractivity contribution in [1.29, 1.82) is 0 Å². The highest BCUT2D eigenvalue weighted by atomic mass is 19.1. The summed E-state index contributed by atoms with van der Waals surface area (Å²) in [6.45, 7) is 2.71. The average Bonchev–Trinajstić information content (AvgIpc) is 2.93. The zero-order chi connectivity index (χ0) is 15.3. The first-order chi connectivity index (χ1) is 10.0. The molecule has 0 aliphatic carbocycles. The lowest BCUT2D eigenvalue weighted by Gasteiger charge is -2.22. The van der Waals surface area contributed by atoms with Gasteiger partial charge >= 0.3 is 0 Å². The van der Waals surface area contributed by atoms with Crippen LogP contribution in [0.2, 0.25) is 0 Å². The molecule has 21 heavy (non-hydrogen) atoms. The second-order valence-electron chi connectivity index (χ2n) is 5.18. The van der Waals surface area contributed by atoms with Crippen LogP contribution in [0.25, 0.3) is 0 Å². The van der Waals surface area contributed by atoms with Gasteiger partial charge in [-0.1, -0.05) is 11.8 Å². The van der Waals surface area contributed by atoms with E-state index in [4.69, 9.17) is 10.5 Å². The molecule has 1 aliphatic rings. The molecule has 0 radical (unpaired) electrons. The molecule has 1 unspecified atom stereocenters. The zero-order valence-corrected chi connectivity index (χ0v) is 12.0. The van der Waals surface area contributed by atoms with E-state index in [0.717, 1.165) is 6.42 Å². The maximum atomic E-state index is 13.8. The SMILES string of the molecule is CC1(C(=O)NCc2cc(C#CCN)ccc2F)CCCO1. The van der Waals surface area contributed by atoms with Crippen LogP contribution in [0, 0.1) is 17.7 Å². The lowest BCUT2D eigenvalue weighted by molar-refractivity contribution is -0.139. The number of benzene rings is 1. The molecule has 3 N–H and O–H groups in total. The van der Waals surface area contributed by atoms with E-state index >= 15 is 0 Å². The summed E-state index contributed by atoms with van der Waals surface area (Å²) in [5.74, 6) is 4.98. The van der Waals surface area contributed by atoms with Crippen LogP contribution in [0.15, 0.2) is 18.2 Å². The third kappa shape index (κ3) is 3.81. The van der Waals surface area contributed by atoms with Crippen LogP contribution in [0.1, 0.15) is 30.9 Å². The van der Waals surface area contributed by atoms with E-state index in [1.807, 2.05) is 0 Å². The molecule has 4 nitrogen and oxygen atoms in total. The predicted octanol–water partition coefficient (Wildman–Crippen LogP) is 1.32. The Bertz CT molecular complexity index is 584. The summed E-state index contributed by atoms with van der Waals surface area (Å²) in [6, 6.07) is 4.55. The van der Waals surface area contributed by atoms with Crippen molar-refractivity contribution in [2.24, 2.45) is 5.73 Å². The number of carbonyl (C=O) groups is 1. The Hall–Kier alpha value is -1.90. The molecule has 1 aromatic rings. The van der Waals surface area contributed by atoms with Crippen molar-refractivity contribution < 1.29 is 13.9 Å². The van der Waals surface area contributed by atoms with Gasteiger partial charge in [0.25, 0.3) is 5.91 Å². The molecule has 1 aliphatic heterocycles. The van der Waals surface area contributed by atoms with Gasteiger partial charge in [0, 0.05) is 24.3 Å². The van der Waals surface area contributed by atoms with Crippen molar-refractivity contribution in [3.05, 3.63) is 35.1 Å². The first kappa shape index (κ1) is 15.5. The highest BCUT2D eigenvalue weighted by Crippen LogP contribution is 2.25. The second-order valence-corrected chi connectivity index (χ2v) is 5.18. The Morgan fingerprint density at radius 2 is 2.38 bits per heavy atom. The third-order valence-corrected chi connectivity index (χ3v) is 3.52. The van der Waals surface area contributed by atoms with Gasteiger partial charge in [-0.05, 0) is 38.0 Å². The predicted molar refractivity (Wildman–Crippen MR) is 77.8 cm³/mol. The van der Waals surface area contributed by atoms with Crippen LogP contribution in [-0.2, 0) is 16.1 Å². The molecule has 1 amide bonds. The summed E-state index contributed by atoms with van der Waals surface area (Å²) in [4.78, 5) is 12.1. The van der Waals surface area contributed by atoms with Crippen LogP contribution < -0.4 is 11.1 Å².